The Morgan fingerprint density at radius 3 is 2.33 bits per heavy atom. The average molecular weight is 663 g/mol. The van der Waals surface area contributed by atoms with Gasteiger partial charge in [-0.1, -0.05) is 48.5 Å². The van der Waals surface area contributed by atoms with Crippen LogP contribution in [0.1, 0.15) is 46.7 Å². The maximum Gasteiger partial charge on any atom is 0.253 e. The SMILES string of the molecule is COc1cc(C(=O)N(C)CC(CCN2CCC(Nc3nc4ccccc4n3Cc3cccnc3)CC2)c2ccccc2)cc(OC)c1OC. The summed E-state index contributed by atoms with van der Waals surface area (Å²) >= 11 is 0. The van der Waals surface area contributed by atoms with Crippen LogP contribution in [0, 0.1) is 0 Å². The van der Waals surface area contributed by atoms with E-state index in [9.17, 15) is 4.79 Å². The number of nitrogens with one attached hydrogen (secondary N) is 1. The molecule has 10 heteroatoms. The number of likely N-dealkylation sites (N-methyl/N-ethyl adjacent to an activating group) is 1. The van der Waals surface area contributed by atoms with Gasteiger partial charge in [0.1, 0.15) is 0 Å². The first-order valence-electron chi connectivity index (χ1n) is 16.9. The number of fused-ring (bicyclic) bond motifs is 1. The molecule has 0 bridgehead atoms. The molecule has 3 aromatic carbocycles. The molecule has 5 aromatic rings. The average Bonchev–Trinajstić information content (AvgIpc) is 3.49. The molecule has 2 aromatic heterocycles. The number of aromatic nitrogens is 3. The molecule has 10 nitrogen and oxygen atoms in total. The van der Waals surface area contributed by atoms with E-state index in [4.69, 9.17) is 19.2 Å². The fourth-order valence-corrected chi connectivity index (χ4v) is 6.77. The minimum atomic E-state index is -0.0957. The van der Waals surface area contributed by atoms with E-state index in [1.165, 1.54) is 5.56 Å². The third kappa shape index (κ3) is 7.97. The van der Waals surface area contributed by atoms with Crippen LogP contribution in [-0.4, -0.2) is 90.8 Å². The second-order valence-corrected chi connectivity index (χ2v) is 12.6. The number of carbonyl (C=O) groups excluding carboxylic acids is 1. The molecule has 1 aliphatic heterocycles. The molecule has 49 heavy (non-hydrogen) atoms. The highest BCUT2D eigenvalue weighted by Gasteiger charge is 2.25. The Hall–Kier alpha value is -5.09. The van der Waals surface area contributed by atoms with Crippen LogP contribution in [0.2, 0.25) is 0 Å². The van der Waals surface area contributed by atoms with Gasteiger partial charge in [-0.3, -0.25) is 9.78 Å². The van der Waals surface area contributed by atoms with Gasteiger partial charge in [-0.2, -0.15) is 0 Å². The van der Waals surface area contributed by atoms with Crippen LogP contribution in [0.15, 0.2) is 91.3 Å². The van der Waals surface area contributed by atoms with Crippen molar-refractivity contribution in [2.45, 2.75) is 37.8 Å². The van der Waals surface area contributed by atoms with Crippen molar-refractivity contribution in [1.29, 1.82) is 0 Å². The van der Waals surface area contributed by atoms with E-state index in [-0.39, 0.29) is 11.8 Å². The number of methoxy groups -OCH3 is 3. The Labute approximate surface area is 288 Å². The van der Waals surface area contributed by atoms with E-state index in [1.807, 2.05) is 31.4 Å². The Bertz CT molecular complexity index is 1800. The normalized spacial score (nSPS) is 14.4. The molecule has 0 saturated carbocycles. The van der Waals surface area contributed by atoms with Gasteiger partial charge >= 0.3 is 0 Å². The van der Waals surface area contributed by atoms with Crippen LogP contribution >= 0.6 is 0 Å². The third-order valence-corrected chi connectivity index (χ3v) is 9.46. The van der Waals surface area contributed by atoms with E-state index in [1.54, 1.807) is 44.6 Å². The van der Waals surface area contributed by atoms with Crippen molar-refractivity contribution in [2.24, 2.45) is 0 Å². The number of hydrogen-bond acceptors (Lipinski definition) is 8. The molecule has 1 amide bonds. The van der Waals surface area contributed by atoms with Gasteiger partial charge in [0.15, 0.2) is 11.5 Å². The number of pyridine rings is 1. The molecule has 0 spiro atoms. The van der Waals surface area contributed by atoms with Crippen molar-refractivity contribution in [2.75, 3.05) is 59.9 Å². The Morgan fingerprint density at radius 2 is 1.65 bits per heavy atom. The van der Waals surface area contributed by atoms with Gasteiger partial charge in [-0.25, -0.2) is 4.98 Å². The molecule has 256 valence electrons. The van der Waals surface area contributed by atoms with E-state index in [0.717, 1.165) is 61.4 Å². The number of para-hydroxylation sites is 2. The van der Waals surface area contributed by atoms with Gasteiger partial charge in [0.05, 0.1) is 38.9 Å². The van der Waals surface area contributed by atoms with Gasteiger partial charge in [-0.15, -0.1) is 0 Å². The van der Waals surface area contributed by atoms with Crippen LogP contribution in [0.5, 0.6) is 17.2 Å². The van der Waals surface area contributed by atoms with Crippen LogP contribution in [0.3, 0.4) is 0 Å². The van der Waals surface area contributed by atoms with Gasteiger partial charge in [-0.05, 0) is 67.3 Å². The summed E-state index contributed by atoms with van der Waals surface area (Å²) in [5.41, 5.74) is 4.98. The number of likely N-dealkylation sites (tertiary alicyclic amines) is 1. The zero-order valence-electron chi connectivity index (χ0n) is 28.8. The van der Waals surface area contributed by atoms with Crippen molar-refractivity contribution < 1.29 is 19.0 Å². The number of ether oxygens (including phenoxy) is 3. The smallest absolute Gasteiger partial charge is 0.253 e. The minimum absolute atomic E-state index is 0.0957. The van der Waals surface area contributed by atoms with E-state index < -0.39 is 0 Å². The van der Waals surface area contributed by atoms with Crippen molar-refractivity contribution in [3.05, 3.63) is 108 Å². The molecule has 1 unspecified atom stereocenters. The molecular formula is C39H46N6O4. The lowest BCUT2D eigenvalue weighted by Crippen LogP contribution is -2.40. The first-order chi connectivity index (χ1) is 24.0. The minimum Gasteiger partial charge on any atom is -0.493 e. The van der Waals surface area contributed by atoms with Crippen LogP contribution in [0.4, 0.5) is 5.95 Å². The number of hydrogen-bond donors (Lipinski definition) is 1. The number of carbonyl (C=O) groups is 1. The topological polar surface area (TPSA) is 94.0 Å². The maximum atomic E-state index is 13.7. The summed E-state index contributed by atoms with van der Waals surface area (Å²) in [6, 6.07) is 26.7. The van der Waals surface area contributed by atoms with Gasteiger partial charge in [0.2, 0.25) is 11.7 Å². The predicted molar refractivity (Wildman–Crippen MR) is 193 cm³/mol. The number of nitrogens with zero attached hydrogens (tertiary/aromatic N) is 5. The molecule has 1 N–H and O–H groups in total. The highest BCUT2D eigenvalue weighted by atomic mass is 16.5. The Balaban J connectivity index is 1.08. The highest BCUT2D eigenvalue weighted by molar-refractivity contribution is 5.95. The number of anilines is 1. The number of piperidine rings is 1. The zero-order chi connectivity index (χ0) is 34.2. The largest absolute Gasteiger partial charge is 0.493 e. The fourth-order valence-electron chi connectivity index (χ4n) is 6.77. The lowest BCUT2D eigenvalue weighted by Gasteiger charge is -2.34. The number of benzene rings is 3. The van der Waals surface area contributed by atoms with E-state index in [0.29, 0.717) is 41.9 Å². The molecule has 3 heterocycles. The van der Waals surface area contributed by atoms with Gasteiger partial charge < -0.3 is 33.9 Å². The van der Waals surface area contributed by atoms with Crippen molar-refractivity contribution >= 4 is 22.9 Å². The monoisotopic (exact) mass is 662 g/mol. The molecule has 0 aliphatic carbocycles. The summed E-state index contributed by atoms with van der Waals surface area (Å²) in [4.78, 5) is 27.3. The molecule has 6 rings (SSSR count). The first kappa shape index (κ1) is 33.8. The second kappa shape index (κ2) is 15.9. The molecular weight excluding hydrogens is 616 g/mol. The molecule has 1 saturated heterocycles. The zero-order valence-corrected chi connectivity index (χ0v) is 28.8. The lowest BCUT2D eigenvalue weighted by molar-refractivity contribution is 0.0781. The number of imidazole rings is 1. The summed E-state index contributed by atoms with van der Waals surface area (Å²) in [5.74, 6) is 2.38. The highest BCUT2D eigenvalue weighted by Crippen LogP contribution is 2.38. The Kier molecular flexibility index (Phi) is 10.9. The molecule has 0 radical (unpaired) electrons. The first-order valence-corrected chi connectivity index (χ1v) is 16.9. The van der Waals surface area contributed by atoms with E-state index in [2.05, 4.69) is 68.3 Å². The molecule has 1 fully saturated rings. The number of rotatable bonds is 14. The van der Waals surface area contributed by atoms with E-state index >= 15 is 0 Å². The predicted octanol–water partition coefficient (Wildman–Crippen LogP) is 6.33. The molecule has 1 atom stereocenters. The van der Waals surface area contributed by atoms with Crippen molar-refractivity contribution in [3.8, 4) is 17.2 Å². The Morgan fingerprint density at radius 1 is 0.939 bits per heavy atom. The summed E-state index contributed by atoms with van der Waals surface area (Å²) in [6.45, 7) is 4.26. The number of amides is 1. The quantitative estimate of drug-likeness (QED) is 0.148. The van der Waals surface area contributed by atoms with Crippen molar-refractivity contribution in [3.63, 3.8) is 0 Å². The van der Waals surface area contributed by atoms with Crippen LogP contribution in [0.25, 0.3) is 11.0 Å². The van der Waals surface area contributed by atoms with Gasteiger partial charge in [0, 0.05) is 56.6 Å². The summed E-state index contributed by atoms with van der Waals surface area (Å²) in [5, 5.41) is 3.78. The second-order valence-electron chi connectivity index (χ2n) is 12.6. The van der Waals surface area contributed by atoms with Crippen LogP contribution in [-0.2, 0) is 6.54 Å². The third-order valence-electron chi connectivity index (χ3n) is 9.46. The van der Waals surface area contributed by atoms with Crippen molar-refractivity contribution in [1.82, 2.24) is 24.3 Å². The van der Waals surface area contributed by atoms with Crippen LogP contribution < -0.4 is 19.5 Å². The van der Waals surface area contributed by atoms with Gasteiger partial charge in [0.25, 0.3) is 5.91 Å². The summed E-state index contributed by atoms with van der Waals surface area (Å²) in [6.07, 6.45) is 6.73. The fraction of sp³-hybridized carbons (Fsp3) is 0.359. The standard InChI is InChI=1S/C39H46N6O4/c1-43(38(46)31-23-35(47-2)37(49-4)36(24-31)48-3)27-30(29-12-6-5-7-13-29)16-20-44-21-17-32(18-22-44)41-39-42-33-14-8-9-15-34(33)45(39)26-28-11-10-19-40-25-28/h5-15,19,23-25,30,32H,16-18,20-22,26-27H2,1-4H3,(H,41,42). The summed E-state index contributed by atoms with van der Waals surface area (Å²) < 4.78 is 18.7. The maximum absolute atomic E-state index is 13.7. The lowest BCUT2D eigenvalue weighted by atomic mass is 9.94. The summed E-state index contributed by atoms with van der Waals surface area (Å²) in [7, 11) is 6.53. The molecule has 1 aliphatic rings.